The zero-order chi connectivity index (χ0) is 21.0. The summed E-state index contributed by atoms with van der Waals surface area (Å²) in [7, 11) is -2.46. The van der Waals surface area contributed by atoms with Crippen LogP contribution in [0.2, 0.25) is 0 Å². The minimum atomic E-state index is -3.82. The second-order valence-corrected chi connectivity index (χ2v) is 8.57. The number of anilines is 1. The lowest BCUT2D eigenvalue weighted by Crippen LogP contribution is -2.35. The third-order valence-corrected chi connectivity index (χ3v) is 6.15. The Kier molecular flexibility index (Phi) is 6.29. The molecule has 2 aromatic rings. The lowest BCUT2D eigenvalue weighted by molar-refractivity contribution is -0.116. The molecule has 1 N–H and O–H groups in total. The highest BCUT2D eigenvalue weighted by molar-refractivity contribution is 7.89. The fourth-order valence-corrected chi connectivity index (χ4v) is 4.10. The fraction of sp³-hybridized carbons (Fsp3) is 0.350. The van der Waals surface area contributed by atoms with E-state index in [1.165, 1.54) is 19.2 Å². The molecular weight excluding hydrogens is 396 g/mol. The van der Waals surface area contributed by atoms with Gasteiger partial charge in [-0.3, -0.25) is 4.79 Å². The van der Waals surface area contributed by atoms with E-state index in [9.17, 15) is 13.2 Å². The van der Waals surface area contributed by atoms with E-state index in [0.29, 0.717) is 48.3 Å². The first-order valence-corrected chi connectivity index (χ1v) is 10.6. The molecule has 0 bridgehead atoms. The number of aryl methyl sites for hydroxylation is 1. The Balaban J connectivity index is 1.67. The van der Waals surface area contributed by atoms with Crippen molar-refractivity contribution in [3.05, 3.63) is 42.0 Å². The highest BCUT2D eigenvalue weighted by Gasteiger charge is 2.24. The summed E-state index contributed by atoms with van der Waals surface area (Å²) in [5.74, 6) is 1.32. The molecule has 0 fully saturated rings. The number of likely N-dealkylation sites (N-methyl/N-ethyl adjacent to an activating group) is 1. The zero-order valence-electron chi connectivity index (χ0n) is 16.6. The summed E-state index contributed by atoms with van der Waals surface area (Å²) in [6.45, 7) is 4.71. The van der Waals surface area contributed by atoms with Gasteiger partial charge in [0, 0.05) is 18.8 Å². The van der Waals surface area contributed by atoms with Crippen molar-refractivity contribution in [2.75, 3.05) is 38.7 Å². The second kappa shape index (κ2) is 8.71. The first-order chi connectivity index (χ1) is 13.8. The van der Waals surface area contributed by atoms with Gasteiger partial charge in [-0.05, 0) is 49.7 Å². The predicted molar refractivity (Wildman–Crippen MR) is 108 cm³/mol. The van der Waals surface area contributed by atoms with Gasteiger partial charge < -0.3 is 19.5 Å². The monoisotopic (exact) mass is 420 g/mol. The number of nitrogens with one attached hydrogen (secondary N) is 1. The summed E-state index contributed by atoms with van der Waals surface area (Å²) in [5, 5.41) is 2.68. The Bertz CT molecular complexity index is 1010. The molecule has 1 amide bonds. The Morgan fingerprint density at radius 2 is 1.86 bits per heavy atom. The standard InChI is InChI=1S/C20H24N2O6S/c1-4-26-17-8-6-16(11-14(17)2)29(24,25)22(3)13-20(23)21-15-5-7-18-19(12-15)28-10-9-27-18/h5-8,11-12H,4,9-10,13H2,1-3H3,(H,21,23). The SMILES string of the molecule is CCOc1ccc(S(=O)(=O)N(C)CC(=O)Nc2ccc3c(c2)OCCO3)cc1C. The van der Waals surface area contributed by atoms with Crippen LogP contribution in [0.15, 0.2) is 41.3 Å². The molecule has 0 radical (unpaired) electrons. The quantitative estimate of drug-likeness (QED) is 0.739. The Morgan fingerprint density at radius 1 is 1.14 bits per heavy atom. The molecule has 9 heteroatoms. The van der Waals surface area contributed by atoms with Crippen LogP contribution in [0.25, 0.3) is 0 Å². The first kappa shape index (κ1) is 20.9. The number of sulfonamides is 1. The molecule has 29 heavy (non-hydrogen) atoms. The van der Waals surface area contributed by atoms with Gasteiger partial charge in [0.25, 0.3) is 0 Å². The molecule has 1 aliphatic rings. The zero-order valence-corrected chi connectivity index (χ0v) is 17.4. The summed E-state index contributed by atoms with van der Waals surface area (Å²) in [6.07, 6.45) is 0. The molecule has 156 valence electrons. The van der Waals surface area contributed by atoms with Crippen molar-refractivity contribution in [3.63, 3.8) is 0 Å². The van der Waals surface area contributed by atoms with E-state index in [1.54, 1.807) is 31.2 Å². The van der Waals surface area contributed by atoms with Crippen LogP contribution in [0.5, 0.6) is 17.2 Å². The number of ether oxygens (including phenoxy) is 3. The van der Waals surface area contributed by atoms with Crippen LogP contribution in [0.4, 0.5) is 5.69 Å². The molecule has 0 saturated carbocycles. The summed E-state index contributed by atoms with van der Waals surface area (Å²) >= 11 is 0. The van der Waals surface area contributed by atoms with Gasteiger partial charge in [0.1, 0.15) is 19.0 Å². The summed E-state index contributed by atoms with van der Waals surface area (Å²) < 4.78 is 43.0. The Labute approximate surface area is 170 Å². The number of fused-ring (bicyclic) bond motifs is 1. The van der Waals surface area contributed by atoms with Crippen LogP contribution >= 0.6 is 0 Å². The Morgan fingerprint density at radius 3 is 2.55 bits per heavy atom. The van der Waals surface area contributed by atoms with Crippen molar-refractivity contribution in [1.82, 2.24) is 4.31 Å². The second-order valence-electron chi connectivity index (χ2n) is 6.53. The van der Waals surface area contributed by atoms with Gasteiger partial charge in [-0.1, -0.05) is 0 Å². The van der Waals surface area contributed by atoms with Gasteiger partial charge in [0.15, 0.2) is 11.5 Å². The van der Waals surface area contributed by atoms with Gasteiger partial charge >= 0.3 is 0 Å². The van der Waals surface area contributed by atoms with Crippen molar-refractivity contribution >= 4 is 21.6 Å². The van der Waals surface area contributed by atoms with E-state index < -0.39 is 15.9 Å². The molecule has 2 aromatic carbocycles. The molecule has 0 unspecified atom stereocenters. The maximum atomic E-state index is 12.8. The van der Waals surface area contributed by atoms with Gasteiger partial charge in [-0.25, -0.2) is 8.42 Å². The lowest BCUT2D eigenvalue weighted by Gasteiger charge is -2.20. The summed E-state index contributed by atoms with van der Waals surface area (Å²) in [6, 6.07) is 9.66. The van der Waals surface area contributed by atoms with Crippen LogP contribution in [0.1, 0.15) is 12.5 Å². The van der Waals surface area contributed by atoms with Crippen LogP contribution in [-0.2, 0) is 14.8 Å². The smallest absolute Gasteiger partial charge is 0.243 e. The third-order valence-electron chi connectivity index (χ3n) is 4.35. The summed E-state index contributed by atoms with van der Waals surface area (Å²) in [4.78, 5) is 12.5. The van der Waals surface area contributed by atoms with Crippen molar-refractivity contribution in [1.29, 1.82) is 0 Å². The highest BCUT2D eigenvalue weighted by Crippen LogP contribution is 2.32. The van der Waals surface area contributed by atoms with Crippen molar-refractivity contribution in [3.8, 4) is 17.2 Å². The first-order valence-electron chi connectivity index (χ1n) is 9.20. The van der Waals surface area contributed by atoms with E-state index in [0.717, 1.165) is 4.31 Å². The van der Waals surface area contributed by atoms with Crippen LogP contribution in [-0.4, -0.2) is 52.0 Å². The maximum absolute atomic E-state index is 12.8. The molecule has 8 nitrogen and oxygen atoms in total. The number of hydrogen-bond donors (Lipinski definition) is 1. The molecule has 0 aliphatic carbocycles. The average molecular weight is 420 g/mol. The van der Waals surface area contributed by atoms with Crippen molar-refractivity contribution in [2.24, 2.45) is 0 Å². The lowest BCUT2D eigenvalue weighted by atomic mass is 10.2. The van der Waals surface area contributed by atoms with Gasteiger partial charge in [0.2, 0.25) is 15.9 Å². The van der Waals surface area contributed by atoms with Crippen molar-refractivity contribution < 1.29 is 27.4 Å². The minimum Gasteiger partial charge on any atom is -0.494 e. The molecule has 0 atom stereocenters. The van der Waals surface area contributed by atoms with E-state index in [4.69, 9.17) is 14.2 Å². The molecule has 1 aliphatic heterocycles. The molecular formula is C20H24N2O6S. The number of carbonyl (C=O) groups excluding carboxylic acids is 1. The molecule has 0 aromatic heterocycles. The molecule has 0 saturated heterocycles. The maximum Gasteiger partial charge on any atom is 0.243 e. The Hall–Kier alpha value is -2.78. The van der Waals surface area contributed by atoms with E-state index in [-0.39, 0.29) is 11.4 Å². The molecule has 0 spiro atoms. The summed E-state index contributed by atoms with van der Waals surface area (Å²) in [5.41, 5.74) is 1.21. The van der Waals surface area contributed by atoms with Gasteiger partial charge in [0.05, 0.1) is 18.0 Å². The fourth-order valence-electron chi connectivity index (χ4n) is 2.89. The number of carbonyl (C=O) groups is 1. The average Bonchev–Trinajstić information content (AvgIpc) is 2.69. The van der Waals surface area contributed by atoms with Crippen molar-refractivity contribution in [2.45, 2.75) is 18.7 Å². The number of amides is 1. The van der Waals surface area contributed by atoms with Gasteiger partial charge in [-0.2, -0.15) is 4.31 Å². The predicted octanol–water partition coefficient (Wildman–Crippen LogP) is 2.42. The largest absolute Gasteiger partial charge is 0.494 e. The van der Waals surface area contributed by atoms with E-state index in [2.05, 4.69) is 5.32 Å². The van der Waals surface area contributed by atoms with E-state index in [1.807, 2.05) is 6.92 Å². The van der Waals surface area contributed by atoms with Crippen LogP contribution < -0.4 is 19.5 Å². The normalized spacial score (nSPS) is 13.2. The number of benzene rings is 2. The number of rotatable bonds is 7. The minimum absolute atomic E-state index is 0.105. The number of hydrogen-bond acceptors (Lipinski definition) is 6. The van der Waals surface area contributed by atoms with Crippen LogP contribution in [0.3, 0.4) is 0 Å². The molecule has 1 heterocycles. The van der Waals surface area contributed by atoms with Crippen LogP contribution in [0, 0.1) is 6.92 Å². The topological polar surface area (TPSA) is 94.2 Å². The van der Waals surface area contributed by atoms with E-state index >= 15 is 0 Å². The third kappa shape index (κ3) is 4.80. The van der Waals surface area contributed by atoms with Gasteiger partial charge in [-0.15, -0.1) is 0 Å². The number of nitrogens with zero attached hydrogens (tertiary/aromatic N) is 1. The molecule has 3 rings (SSSR count). The highest BCUT2D eigenvalue weighted by atomic mass is 32.2.